The zero-order chi connectivity index (χ0) is 23.0. The van der Waals surface area contributed by atoms with Gasteiger partial charge in [0.25, 0.3) is 0 Å². The normalized spacial score (nSPS) is 20.8. The first-order valence-corrected chi connectivity index (χ1v) is 12.3. The molecule has 1 heterocycles. The lowest BCUT2D eigenvalue weighted by molar-refractivity contribution is -0.945. The standard InChI is InChI=1S/C32H31N2/c1-34(24-26-16-18-28-10-6-8-14-31(28)22-26)20-19-33(32(34)29-11-3-2-4-12-29)23-25-15-17-27-9-5-7-13-30(27)21-25/h2-18,21-22,32H,19-20,23-24H2,1H3/q+1. The Hall–Kier alpha value is -3.46. The van der Waals surface area contributed by atoms with Crippen LogP contribution in [0.3, 0.4) is 0 Å². The number of hydrogen-bond acceptors (Lipinski definition) is 1. The van der Waals surface area contributed by atoms with Crippen molar-refractivity contribution in [3.05, 3.63) is 132 Å². The molecule has 1 aliphatic rings. The van der Waals surface area contributed by atoms with E-state index >= 15 is 0 Å². The van der Waals surface area contributed by atoms with Crippen molar-refractivity contribution in [3.8, 4) is 0 Å². The third kappa shape index (κ3) is 4.00. The molecule has 0 spiro atoms. The molecule has 0 N–H and O–H groups in total. The van der Waals surface area contributed by atoms with Crippen molar-refractivity contribution < 1.29 is 4.48 Å². The Kier molecular flexibility index (Phi) is 5.41. The highest BCUT2D eigenvalue weighted by Gasteiger charge is 2.44. The van der Waals surface area contributed by atoms with E-state index in [-0.39, 0.29) is 0 Å². The number of hydrogen-bond donors (Lipinski definition) is 0. The van der Waals surface area contributed by atoms with Crippen LogP contribution in [-0.4, -0.2) is 29.5 Å². The van der Waals surface area contributed by atoms with Crippen LogP contribution in [0, 0.1) is 0 Å². The Morgan fingerprint density at radius 3 is 1.88 bits per heavy atom. The molecule has 0 aromatic heterocycles. The van der Waals surface area contributed by atoms with E-state index in [2.05, 4.69) is 127 Å². The Morgan fingerprint density at radius 2 is 1.21 bits per heavy atom. The fraction of sp³-hybridized carbons (Fsp3) is 0.188. The largest absolute Gasteiger partial charge is 0.302 e. The second-order valence-electron chi connectivity index (χ2n) is 9.98. The summed E-state index contributed by atoms with van der Waals surface area (Å²) in [7, 11) is 2.44. The van der Waals surface area contributed by atoms with Crippen LogP contribution in [0.4, 0.5) is 0 Å². The molecule has 2 nitrogen and oxygen atoms in total. The zero-order valence-corrected chi connectivity index (χ0v) is 19.8. The van der Waals surface area contributed by atoms with Crippen molar-refractivity contribution in [1.82, 2.24) is 4.90 Å². The van der Waals surface area contributed by atoms with Gasteiger partial charge in [-0.3, -0.25) is 0 Å². The van der Waals surface area contributed by atoms with Crippen molar-refractivity contribution in [2.45, 2.75) is 19.3 Å². The van der Waals surface area contributed by atoms with E-state index in [9.17, 15) is 0 Å². The molecule has 5 aromatic carbocycles. The summed E-state index contributed by atoms with van der Waals surface area (Å²) in [6.45, 7) is 4.23. The summed E-state index contributed by atoms with van der Waals surface area (Å²) >= 11 is 0. The minimum Gasteiger partial charge on any atom is -0.302 e. The molecule has 1 fully saturated rings. The van der Waals surface area contributed by atoms with Crippen molar-refractivity contribution in [1.29, 1.82) is 0 Å². The molecule has 2 heteroatoms. The van der Waals surface area contributed by atoms with Crippen molar-refractivity contribution in [2.24, 2.45) is 0 Å². The second-order valence-corrected chi connectivity index (χ2v) is 9.98. The van der Waals surface area contributed by atoms with Gasteiger partial charge < -0.3 is 4.48 Å². The third-order valence-electron chi connectivity index (χ3n) is 7.49. The Balaban J connectivity index is 1.33. The summed E-state index contributed by atoms with van der Waals surface area (Å²) in [5, 5.41) is 5.27. The maximum atomic E-state index is 2.68. The fourth-order valence-electron chi connectivity index (χ4n) is 5.85. The predicted molar refractivity (Wildman–Crippen MR) is 142 cm³/mol. The first kappa shape index (κ1) is 21.1. The molecule has 1 saturated heterocycles. The van der Waals surface area contributed by atoms with E-state index in [1.165, 1.54) is 38.2 Å². The van der Waals surface area contributed by atoms with Gasteiger partial charge in [-0.15, -0.1) is 0 Å². The van der Waals surface area contributed by atoms with E-state index in [0.717, 1.165) is 30.7 Å². The van der Waals surface area contributed by atoms with Gasteiger partial charge in [-0.25, -0.2) is 4.90 Å². The predicted octanol–water partition coefficient (Wildman–Crippen LogP) is 7.15. The van der Waals surface area contributed by atoms with Gasteiger partial charge in [-0.05, 0) is 39.2 Å². The molecule has 34 heavy (non-hydrogen) atoms. The smallest absolute Gasteiger partial charge is 0.172 e. The van der Waals surface area contributed by atoms with Gasteiger partial charge in [0.1, 0.15) is 6.54 Å². The quantitative estimate of drug-likeness (QED) is 0.261. The van der Waals surface area contributed by atoms with Crippen LogP contribution in [-0.2, 0) is 13.1 Å². The monoisotopic (exact) mass is 443 g/mol. The average molecular weight is 444 g/mol. The molecule has 0 bridgehead atoms. The van der Waals surface area contributed by atoms with Crippen LogP contribution >= 0.6 is 0 Å². The van der Waals surface area contributed by atoms with Crippen LogP contribution in [0.2, 0.25) is 0 Å². The molecule has 0 aliphatic carbocycles. The lowest BCUT2D eigenvalue weighted by Crippen LogP contribution is -2.45. The summed E-state index contributed by atoms with van der Waals surface area (Å²) in [5.41, 5.74) is 4.21. The molecular formula is C32H31N2+. The average Bonchev–Trinajstić information content (AvgIpc) is 3.19. The topological polar surface area (TPSA) is 3.24 Å². The molecule has 2 atom stereocenters. The van der Waals surface area contributed by atoms with Gasteiger partial charge >= 0.3 is 0 Å². The maximum Gasteiger partial charge on any atom is 0.172 e. The zero-order valence-electron chi connectivity index (χ0n) is 19.8. The van der Waals surface area contributed by atoms with Gasteiger partial charge in [-0.2, -0.15) is 0 Å². The fourth-order valence-corrected chi connectivity index (χ4v) is 5.85. The number of rotatable bonds is 5. The Morgan fingerprint density at radius 1 is 0.647 bits per heavy atom. The highest BCUT2D eigenvalue weighted by molar-refractivity contribution is 5.83. The van der Waals surface area contributed by atoms with Crippen molar-refractivity contribution >= 4 is 21.5 Å². The van der Waals surface area contributed by atoms with Gasteiger partial charge in [0.2, 0.25) is 0 Å². The maximum absolute atomic E-state index is 2.68. The number of benzene rings is 5. The minimum atomic E-state index is 0.333. The van der Waals surface area contributed by atoms with E-state index in [0.29, 0.717) is 6.17 Å². The van der Waals surface area contributed by atoms with Crippen molar-refractivity contribution in [2.75, 3.05) is 20.1 Å². The number of quaternary nitrogens is 1. The number of fused-ring (bicyclic) bond motifs is 2. The molecular weight excluding hydrogens is 412 g/mol. The summed E-state index contributed by atoms with van der Waals surface area (Å²) in [5.74, 6) is 0. The van der Waals surface area contributed by atoms with Gasteiger partial charge in [0.15, 0.2) is 6.17 Å². The number of nitrogens with zero attached hydrogens (tertiary/aromatic N) is 2. The van der Waals surface area contributed by atoms with Crippen LogP contribution in [0.15, 0.2) is 115 Å². The summed E-state index contributed by atoms with van der Waals surface area (Å²) in [6, 6.07) is 42.3. The van der Waals surface area contributed by atoms with Crippen LogP contribution in [0.5, 0.6) is 0 Å². The molecule has 168 valence electrons. The molecule has 0 radical (unpaired) electrons. The summed E-state index contributed by atoms with van der Waals surface area (Å²) in [4.78, 5) is 2.68. The first-order valence-electron chi connectivity index (χ1n) is 12.3. The van der Waals surface area contributed by atoms with Gasteiger partial charge in [0, 0.05) is 17.7 Å². The SMILES string of the molecule is C[N+]1(Cc2ccc3ccccc3c2)CCN(Cc2ccc3ccccc3c2)C1c1ccccc1. The minimum absolute atomic E-state index is 0.333. The molecule has 6 rings (SSSR count). The summed E-state index contributed by atoms with van der Waals surface area (Å²) < 4.78 is 0.996. The lowest BCUT2D eigenvalue weighted by Gasteiger charge is -2.38. The number of likely N-dealkylation sites (N-methyl/N-ethyl adjacent to an activating group) is 1. The highest BCUT2D eigenvalue weighted by atomic mass is 15.5. The van der Waals surface area contributed by atoms with E-state index in [4.69, 9.17) is 0 Å². The Bertz CT molecular complexity index is 1440. The lowest BCUT2D eigenvalue weighted by atomic mass is 10.0. The van der Waals surface area contributed by atoms with Gasteiger partial charge in [0.05, 0.1) is 20.1 Å². The van der Waals surface area contributed by atoms with E-state index < -0.39 is 0 Å². The first-order chi connectivity index (χ1) is 16.7. The molecule has 2 unspecified atom stereocenters. The highest BCUT2D eigenvalue weighted by Crippen LogP contribution is 2.39. The van der Waals surface area contributed by atoms with Gasteiger partial charge in [-0.1, -0.05) is 103 Å². The van der Waals surface area contributed by atoms with Crippen LogP contribution in [0.25, 0.3) is 21.5 Å². The molecule has 5 aromatic rings. The Labute approximate surface area is 202 Å². The van der Waals surface area contributed by atoms with E-state index in [1.807, 2.05) is 0 Å². The molecule has 0 saturated carbocycles. The van der Waals surface area contributed by atoms with Crippen molar-refractivity contribution in [3.63, 3.8) is 0 Å². The second kappa shape index (κ2) is 8.72. The molecule has 0 amide bonds. The van der Waals surface area contributed by atoms with E-state index in [1.54, 1.807) is 0 Å². The molecule has 1 aliphatic heterocycles. The van der Waals surface area contributed by atoms with Crippen LogP contribution in [0.1, 0.15) is 22.9 Å². The summed E-state index contributed by atoms with van der Waals surface area (Å²) in [6.07, 6.45) is 0.333. The third-order valence-corrected chi connectivity index (χ3v) is 7.49. The van der Waals surface area contributed by atoms with Crippen LogP contribution < -0.4 is 0 Å².